The van der Waals surface area contributed by atoms with E-state index in [1.807, 2.05) is 12.1 Å². The average Bonchev–Trinajstić information content (AvgIpc) is 2.67. The van der Waals surface area contributed by atoms with Crippen LogP contribution in [0.25, 0.3) is 0 Å². The van der Waals surface area contributed by atoms with Gasteiger partial charge in [-0.05, 0) is 74.5 Å². The van der Waals surface area contributed by atoms with Crippen molar-refractivity contribution in [3.63, 3.8) is 0 Å². The van der Waals surface area contributed by atoms with Crippen molar-refractivity contribution in [2.24, 2.45) is 0 Å². The van der Waals surface area contributed by atoms with E-state index in [1.54, 1.807) is 17.7 Å². The third-order valence-electron chi connectivity index (χ3n) is 4.65. The molecule has 0 unspecified atom stereocenters. The van der Waals surface area contributed by atoms with E-state index >= 15 is 0 Å². The normalized spacial score (nSPS) is 14.2. The number of hydrogen-bond donors (Lipinski definition) is 1. The summed E-state index contributed by atoms with van der Waals surface area (Å²) in [7, 11) is 0. The smallest absolute Gasteiger partial charge is 0.124 e. The molecule has 26 heavy (non-hydrogen) atoms. The zero-order valence-electron chi connectivity index (χ0n) is 14.9. The fourth-order valence-electron chi connectivity index (χ4n) is 3.17. The molecule has 0 spiro atoms. The second-order valence-electron chi connectivity index (χ2n) is 6.70. The third-order valence-corrected chi connectivity index (χ3v) is 5.15. The van der Waals surface area contributed by atoms with Gasteiger partial charge in [-0.2, -0.15) is 0 Å². The van der Waals surface area contributed by atoms with Gasteiger partial charge in [0.05, 0.1) is 0 Å². The Morgan fingerprint density at radius 2 is 1.92 bits per heavy atom. The van der Waals surface area contributed by atoms with E-state index in [9.17, 15) is 4.39 Å². The van der Waals surface area contributed by atoms with Crippen molar-refractivity contribution in [3.05, 3.63) is 75.5 Å². The second-order valence-corrected chi connectivity index (χ2v) is 7.62. The summed E-state index contributed by atoms with van der Waals surface area (Å²) < 4.78 is 20.0. The molecule has 1 aliphatic rings. The van der Waals surface area contributed by atoms with Crippen LogP contribution in [0.2, 0.25) is 0 Å². The van der Waals surface area contributed by atoms with E-state index in [2.05, 4.69) is 33.4 Å². The Kier molecular flexibility index (Phi) is 7.27. The summed E-state index contributed by atoms with van der Waals surface area (Å²) in [5.74, 6) is 0.636. The van der Waals surface area contributed by atoms with Gasteiger partial charge in [0.2, 0.25) is 0 Å². The van der Waals surface area contributed by atoms with Crippen molar-refractivity contribution in [2.45, 2.75) is 45.3 Å². The fourth-order valence-corrected chi connectivity index (χ4v) is 3.58. The molecule has 0 heterocycles. The number of nitrogens with one attached hydrogen (secondary N) is 1. The fraction of sp³-hybridized carbons (Fsp3) is 0.364. The number of benzene rings is 2. The van der Waals surface area contributed by atoms with Crippen LogP contribution in [0, 0.1) is 5.82 Å². The minimum absolute atomic E-state index is 0.227. The van der Waals surface area contributed by atoms with Gasteiger partial charge in [-0.15, -0.1) is 0 Å². The first-order valence-corrected chi connectivity index (χ1v) is 10.0. The van der Waals surface area contributed by atoms with Crippen LogP contribution in [-0.4, -0.2) is 6.54 Å². The number of ether oxygens (including phenoxy) is 1. The second kappa shape index (κ2) is 9.89. The third kappa shape index (κ3) is 5.96. The SMILES string of the molecule is Fc1ccc(COc2ccc(Br)cc2CNCCC2=CCCCC2)cc1. The molecule has 2 aromatic carbocycles. The minimum Gasteiger partial charge on any atom is -0.489 e. The quantitative estimate of drug-likeness (QED) is 0.410. The molecular formula is C22H25BrFNO. The van der Waals surface area contributed by atoms with Crippen molar-refractivity contribution in [1.82, 2.24) is 5.32 Å². The minimum atomic E-state index is -0.227. The first-order chi connectivity index (χ1) is 12.7. The van der Waals surface area contributed by atoms with Crippen molar-refractivity contribution in [1.29, 1.82) is 0 Å². The zero-order valence-corrected chi connectivity index (χ0v) is 16.5. The van der Waals surface area contributed by atoms with Gasteiger partial charge in [0, 0.05) is 16.6 Å². The molecule has 0 saturated heterocycles. The summed E-state index contributed by atoms with van der Waals surface area (Å²) in [6.45, 7) is 2.18. The van der Waals surface area contributed by atoms with Gasteiger partial charge < -0.3 is 10.1 Å². The first-order valence-electron chi connectivity index (χ1n) is 9.25. The summed E-state index contributed by atoms with van der Waals surface area (Å²) in [5.41, 5.74) is 3.67. The lowest BCUT2D eigenvalue weighted by molar-refractivity contribution is 0.302. The average molecular weight is 418 g/mol. The van der Waals surface area contributed by atoms with Crippen LogP contribution in [0.5, 0.6) is 5.75 Å². The molecule has 2 aromatic rings. The van der Waals surface area contributed by atoms with Gasteiger partial charge in [-0.25, -0.2) is 4.39 Å². The molecule has 0 aliphatic heterocycles. The van der Waals surface area contributed by atoms with Gasteiger partial charge >= 0.3 is 0 Å². The summed E-state index contributed by atoms with van der Waals surface area (Å²) in [5, 5.41) is 3.53. The summed E-state index contributed by atoms with van der Waals surface area (Å²) >= 11 is 3.54. The molecule has 138 valence electrons. The molecule has 0 fully saturated rings. The van der Waals surface area contributed by atoms with Crippen LogP contribution < -0.4 is 10.1 Å². The Bertz CT molecular complexity index is 742. The van der Waals surface area contributed by atoms with E-state index in [1.165, 1.54) is 37.8 Å². The van der Waals surface area contributed by atoms with Crippen molar-refractivity contribution < 1.29 is 9.13 Å². The van der Waals surface area contributed by atoms with Crippen LogP contribution in [0.15, 0.2) is 58.6 Å². The molecule has 0 saturated carbocycles. The Morgan fingerprint density at radius 1 is 1.08 bits per heavy atom. The highest BCUT2D eigenvalue weighted by Gasteiger charge is 2.07. The highest BCUT2D eigenvalue weighted by atomic mass is 79.9. The van der Waals surface area contributed by atoms with Crippen LogP contribution in [0.3, 0.4) is 0 Å². The molecule has 0 bridgehead atoms. The Morgan fingerprint density at radius 3 is 2.69 bits per heavy atom. The molecule has 4 heteroatoms. The highest BCUT2D eigenvalue weighted by Crippen LogP contribution is 2.24. The molecule has 1 aliphatic carbocycles. The number of rotatable bonds is 8. The molecule has 1 N–H and O–H groups in total. The van der Waals surface area contributed by atoms with E-state index in [0.29, 0.717) is 6.61 Å². The summed E-state index contributed by atoms with van der Waals surface area (Å²) in [6.07, 6.45) is 8.69. The summed E-state index contributed by atoms with van der Waals surface area (Å²) in [4.78, 5) is 0. The maximum Gasteiger partial charge on any atom is 0.124 e. The van der Waals surface area contributed by atoms with E-state index in [4.69, 9.17) is 4.74 Å². The predicted octanol–water partition coefficient (Wildman–Crippen LogP) is 6.15. The number of allylic oxidation sites excluding steroid dienone is 1. The van der Waals surface area contributed by atoms with Gasteiger partial charge in [-0.1, -0.05) is 39.7 Å². The maximum absolute atomic E-state index is 13.0. The van der Waals surface area contributed by atoms with Gasteiger partial charge in [0.25, 0.3) is 0 Å². The zero-order chi connectivity index (χ0) is 18.2. The van der Waals surface area contributed by atoms with Crippen LogP contribution in [0.4, 0.5) is 4.39 Å². The van der Waals surface area contributed by atoms with Crippen LogP contribution >= 0.6 is 15.9 Å². The Balaban J connectivity index is 1.53. The Hall–Kier alpha value is -1.65. The molecule has 0 aromatic heterocycles. The first kappa shape index (κ1) is 19.1. The largest absolute Gasteiger partial charge is 0.489 e. The molecule has 0 radical (unpaired) electrons. The Labute approximate surface area is 163 Å². The lowest BCUT2D eigenvalue weighted by Gasteiger charge is -2.15. The van der Waals surface area contributed by atoms with E-state index < -0.39 is 0 Å². The lowest BCUT2D eigenvalue weighted by atomic mass is 9.97. The molecule has 0 amide bonds. The van der Waals surface area contributed by atoms with Crippen molar-refractivity contribution in [2.75, 3.05) is 6.54 Å². The van der Waals surface area contributed by atoms with Crippen molar-refractivity contribution in [3.8, 4) is 5.75 Å². The molecule has 3 rings (SSSR count). The standard InChI is InChI=1S/C22H25BrFNO/c23-20-8-11-22(26-16-18-6-9-21(24)10-7-18)19(14-20)15-25-13-12-17-4-2-1-3-5-17/h4,6-11,14,25H,1-3,5,12-13,15-16H2. The van der Waals surface area contributed by atoms with E-state index in [-0.39, 0.29) is 5.82 Å². The predicted molar refractivity (Wildman–Crippen MR) is 108 cm³/mol. The maximum atomic E-state index is 13.0. The highest BCUT2D eigenvalue weighted by molar-refractivity contribution is 9.10. The molecular weight excluding hydrogens is 393 g/mol. The van der Waals surface area contributed by atoms with Crippen LogP contribution in [-0.2, 0) is 13.2 Å². The van der Waals surface area contributed by atoms with E-state index in [0.717, 1.165) is 40.9 Å². The molecule has 2 nitrogen and oxygen atoms in total. The number of halogens is 2. The topological polar surface area (TPSA) is 21.3 Å². The lowest BCUT2D eigenvalue weighted by Crippen LogP contribution is -2.16. The number of hydrogen-bond acceptors (Lipinski definition) is 2. The van der Waals surface area contributed by atoms with Gasteiger partial charge in [-0.3, -0.25) is 0 Å². The van der Waals surface area contributed by atoms with Gasteiger partial charge in [0.15, 0.2) is 0 Å². The van der Waals surface area contributed by atoms with Crippen molar-refractivity contribution >= 4 is 15.9 Å². The molecule has 0 atom stereocenters. The van der Waals surface area contributed by atoms with Crippen LogP contribution in [0.1, 0.15) is 43.2 Å². The summed E-state index contributed by atoms with van der Waals surface area (Å²) in [6, 6.07) is 12.5. The monoisotopic (exact) mass is 417 g/mol. The van der Waals surface area contributed by atoms with Gasteiger partial charge in [0.1, 0.15) is 18.2 Å².